The summed E-state index contributed by atoms with van der Waals surface area (Å²) in [6.45, 7) is 2.49. The molecule has 32 heavy (non-hydrogen) atoms. The van der Waals surface area contributed by atoms with Gasteiger partial charge in [-0.3, -0.25) is 0 Å². The first-order valence-corrected chi connectivity index (χ1v) is 11.8. The molecule has 3 aromatic rings. The van der Waals surface area contributed by atoms with E-state index in [1.54, 1.807) is 19.1 Å². The van der Waals surface area contributed by atoms with E-state index < -0.39 is 22.0 Å². The maximum Gasteiger partial charge on any atom is 0.452 e. The highest BCUT2D eigenvalue weighted by Gasteiger charge is 2.36. The van der Waals surface area contributed by atoms with Crippen LogP contribution in [0, 0.1) is 12.8 Å². The first-order chi connectivity index (χ1) is 15.1. The Hall–Kier alpha value is -2.65. The van der Waals surface area contributed by atoms with E-state index in [9.17, 15) is 21.6 Å². The summed E-state index contributed by atoms with van der Waals surface area (Å²) in [5, 5.41) is 3.46. The average Bonchev–Trinajstić information content (AvgIpc) is 3.26. The lowest BCUT2D eigenvalue weighted by molar-refractivity contribution is -0.155. The summed E-state index contributed by atoms with van der Waals surface area (Å²) in [5.41, 5.74) is 1.96. The number of nitrogens with zero attached hydrogens (tertiary/aromatic N) is 2. The third-order valence-electron chi connectivity index (χ3n) is 5.83. The molecule has 1 saturated heterocycles. The second-order valence-electron chi connectivity index (χ2n) is 8.09. The normalized spacial score (nSPS) is 16.4. The van der Waals surface area contributed by atoms with Crippen LogP contribution < -0.4 is 0 Å². The zero-order valence-electron chi connectivity index (χ0n) is 17.5. The van der Waals surface area contributed by atoms with Gasteiger partial charge in [-0.2, -0.15) is 17.5 Å². The van der Waals surface area contributed by atoms with Gasteiger partial charge in [0.1, 0.15) is 5.69 Å². The number of benzene rings is 2. The van der Waals surface area contributed by atoms with Crippen LogP contribution >= 0.6 is 0 Å². The second-order valence-corrected chi connectivity index (χ2v) is 10.00. The molecule has 2 heterocycles. The quantitative estimate of drug-likeness (QED) is 0.513. The predicted molar refractivity (Wildman–Crippen MR) is 113 cm³/mol. The molecule has 4 rings (SSSR count). The van der Waals surface area contributed by atoms with Crippen molar-refractivity contribution in [3.05, 3.63) is 71.5 Å². The Labute approximate surface area is 184 Å². The number of sulfonamides is 1. The predicted octanol–water partition coefficient (Wildman–Crippen LogP) is 5.31. The molecule has 1 aromatic heterocycles. The lowest BCUT2D eigenvalue weighted by Gasteiger charge is -2.31. The molecule has 170 valence electrons. The van der Waals surface area contributed by atoms with Crippen LogP contribution in [0.25, 0.3) is 11.3 Å². The molecule has 2 aromatic carbocycles. The standard InChI is InChI=1S/C23H23F3N2O3S/c1-16-7-8-19(20-15-22(31-27-20)23(24,25)26)14-21(16)32(29,30)28-11-9-18(10-12-28)13-17-5-3-2-4-6-17/h2-8,14-15,18H,9-13H2,1H3. The maximum absolute atomic E-state index is 13.3. The Kier molecular flexibility index (Phi) is 6.13. The first kappa shape index (κ1) is 22.5. The SMILES string of the molecule is Cc1ccc(-c2cc(C(F)(F)F)on2)cc1S(=O)(=O)N1CCC(Cc2ccccc2)CC1. The van der Waals surface area contributed by atoms with Gasteiger partial charge in [-0.25, -0.2) is 8.42 Å². The zero-order chi connectivity index (χ0) is 22.9. The van der Waals surface area contributed by atoms with Gasteiger partial charge in [0.2, 0.25) is 15.8 Å². The number of hydrogen-bond acceptors (Lipinski definition) is 4. The van der Waals surface area contributed by atoms with E-state index in [2.05, 4.69) is 21.8 Å². The van der Waals surface area contributed by atoms with Gasteiger partial charge in [0, 0.05) is 24.7 Å². The molecule has 0 spiro atoms. The minimum absolute atomic E-state index is 0.0599. The van der Waals surface area contributed by atoms with Gasteiger partial charge in [-0.05, 0) is 49.3 Å². The summed E-state index contributed by atoms with van der Waals surface area (Å²) in [4.78, 5) is 0.0769. The zero-order valence-corrected chi connectivity index (χ0v) is 18.3. The molecule has 0 amide bonds. The highest BCUT2D eigenvalue weighted by molar-refractivity contribution is 7.89. The third-order valence-corrected chi connectivity index (χ3v) is 7.87. The summed E-state index contributed by atoms with van der Waals surface area (Å²) >= 11 is 0. The Morgan fingerprint density at radius 3 is 2.38 bits per heavy atom. The first-order valence-electron chi connectivity index (χ1n) is 10.3. The monoisotopic (exact) mass is 464 g/mol. The van der Waals surface area contributed by atoms with E-state index in [0.717, 1.165) is 25.3 Å². The lowest BCUT2D eigenvalue weighted by Crippen LogP contribution is -2.39. The number of aryl methyl sites for hydroxylation is 1. The minimum atomic E-state index is -4.66. The third kappa shape index (κ3) is 4.73. The van der Waals surface area contributed by atoms with Gasteiger partial charge < -0.3 is 4.52 Å². The Morgan fingerprint density at radius 2 is 1.75 bits per heavy atom. The summed E-state index contributed by atoms with van der Waals surface area (Å²) < 4.78 is 71.0. The molecule has 1 aliphatic rings. The molecule has 0 N–H and O–H groups in total. The molecule has 0 atom stereocenters. The summed E-state index contributed by atoms with van der Waals surface area (Å²) in [7, 11) is -3.79. The van der Waals surface area contributed by atoms with Gasteiger partial charge >= 0.3 is 6.18 Å². The van der Waals surface area contributed by atoms with Crippen LogP contribution in [0.5, 0.6) is 0 Å². The molecule has 9 heteroatoms. The number of hydrogen-bond donors (Lipinski definition) is 0. The van der Waals surface area contributed by atoms with Crippen LogP contribution in [0.3, 0.4) is 0 Å². The van der Waals surface area contributed by atoms with Crippen LogP contribution in [0.2, 0.25) is 0 Å². The van der Waals surface area contributed by atoms with E-state index >= 15 is 0 Å². The molecular formula is C23H23F3N2O3S. The van der Waals surface area contributed by atoms with Crippen molar-refractivity contribution in [1.82, 2.24) is 9.46 Å². The summed E-state index contributed by atoms with van der Waals surface area (Å²) in [6.07, 6.45) is -2.23. The maximum atomic E-state index is 13.3. The highest BCUT2D eigenvalue weighted by atomic mass is 32.2. The molecule has 0 bridgehead atoms. The molecule has 0 unspecified atom stereocenters. The van der Waals surface area contributed by atoms with E-state index in [1.165, 1.54) is 15.9 Å². The van der Waals surface area contributed by atoms with Crippen molar-refractivity contribution >= 4 is 10.0 Å². The van der Waals surface area contributed by atoms with Gasteiger partial charge in [-0.1, -0.05) is 47.6 Å². The fourth-order valence-electron chi connectivity index (χ4n) is 4.02. The van der Waals surface area contributed by atoms with Crippen molar-refractivity contribution < 1.29 is 26.1 Å². The fraction of sp³-hybridized carbons (Fsp3) is 0.348. The molecule has 1 aliphatic heterocycles. The Morgan fingerprint density at radius 1 is 1.06 bits per heavy atom. The van der Waals surface area contributed by atoms with Crippen LogP contribution in [0.4, 0.5) is 13.2 Å². The van der Waals surface area contributed by atoms with Crippen LogP contribution in [0.15, 0.2) is 64.0 Å². The van der Waals surface area contributed by atoms with Crippen LogP contribution in [-0.2, 0) is 22.6 Å². The molecule has 0 radical (unpaired) electrons. The number of halogens is 3. The number of alkyl halides is 3. The molecule has 0 aliphatic carbocycles. The number of aromatic nitrogens is 1. The summed E-state index contributed by atoms with van der Waals surface area (Å²) in [6, 6.07) is 15.4. The molecular weight excluding hydrogens is 441 g/mol. The van der Waals surface area contributed by atoms with Crippen molar-refractivity contribution in [2.24, 2.45) is 5.92 Å². The van der Waals surface area contributed by atoms with E-state index in [1.807, 2.05) is 18.2 Å². The number of piperidine rings is 1. The van der Waals surface area contributed by atoms with Crippen LogP contribution in [0.1, 0.15) is 29.7 Å². The molecule has 1 fully saturated rings. The van der Waals surface area contributed by atoms with Crippen molar-refractivity contribution in [3.63, 3.8) is 0 Å². The van der Waals surface area contributed by atoms with E-state index in [0.29, 0.717) is 24.6 Å². The number of rotatable bonds is 5. The van der Waals surface area contributed by atoms with Crippen molar-refractivity contribution in [2.75, 3.05) is 13.1 Å². The van der Waals surface area contributed by atoms with Crippen molar-refractivity contribution in [1.29, 1.82) is 0 Å². The van der Waals surface area contributed by atoms with Gasteiger partial charge in [0.25, 0.3) is 0 Å². The highest BCUT2D eigenvalue weighted by Crippen LogP contribution is 2.34. The average molecular weight is 465 g/mol. The molecule has 5 nitrogen and oxygen atoms in total. The van der Waals surface area contributed by atoms with E-state index in [-0.39, 0.29) is 16.2 Å². The largest absolute Gasteiger partial charge is 0.452 e. The van der Waals surface area contributed by atoms with Crippen molar-refractivity contribution in [2.45, 2.75) is 37.3 Å². The topological polar surface area (TPSA) is 63.4 Å². The minimum Gasteiger partial charge on any atom is -0.351 e. The Balaban J connectivity index is 1.51. The van der Waals surface area contributed by atoms with Gasteiger partial charge in [0.05, 0.1) is 4.90 Å². The van der Waals surface area contributed by atoms with Crippen molar-refractivity contribution in [3.8, 4) is 11.3 Å². The lowest BCUT2D eigenvalue weighted by atomic mass is 9.91. The van der Waals surface area contributed by atoms with Gasteiger partial charge in [-0.15, -0.1) is 0 Å². The van der Waals surface area contributed by atoms with Crippen LogP contribution in [-0.4, -0.2) is 31.0 Å². The van der Waals surface area contributed by atoms with Gasteiger partial charge in [0.15, 0.2) is 0 Å². The summed E-state index contributed by atoms with van der Waals surface area (Å²) in [5.74, 6) is -0.815. The fourth-order valence-corrected chi connectivity index (χ4v) is 5.74. The second kappa shape index (κ2) is 8.71. The Bertz CT molecular complexity index is 1180. The smallest absolute Gasteiger partial charge is 0.351 e. The molecule has 0 saturated carbocycles. The van der Waals surface area contributed by atoms with E-state index in [4.69, 9.17) is 0 Å².